The number of halogens is 2. The Morgan fingerprint density at radius 1 is 1.33 bits per heavy atom. The lowest BCUT2D eigenvalue weighted by Gasteiger charge is -2.07. The number of H-pyrrole nitrogens is 1. The molecule has 0 saturated carbocycles. The number of aromatic amines is 1. The molecule has 1 aromatic heterocycles. The molecule has 2 N–H and O–H groups in total. The molecule has 0 aliphatic heterocycles. The molecule has 4 nitrogen and oxygen atoms in total. The van der Waals surface area contributed by atoms with Crippen molar-refractivity contribution >= 4 is 15.9 Å². The number of aromatic nitrogens is 1. The molecule has 90 valence electrons. The summed E-state index contributed by atoms with van der Waals surface area (Å²) < 4.78 is 14.3. The zero-order valence-corrected chi connectivity index (χ0v) is 10.5. The first-order chi connectivity index (χ1) is 8.52. The van der Waals surface area contributed by atoms with Gasteiger partial charge in [-0.2, -0.15) is 5.26 Å². The lowest BCUT2D eigenvalue weighted by atomic mass is 10.0. The Hall–Kier alpha value is -2.13. The van der Waals surface area contributed by atoms with E-state index in [0.29, 0.717) is 4.47 Å². The molecular formula is C12H6BrFN2O2. The predicted molar refractivity (Wildman–Crippen MR) is 66.5 cm³/mol. The second kappa shape index (κ2) is 4.63. The summed E-state index contributed by atoms with van der Waals surface area (Å²) in [4.78, 5) is 13.4. The van der Waals surface area contributed by atoms with E-state index in [2.05, 4.69) is 20.9 Å². The van der Waals surface area contributed by atoms with Crippen LogP contribution in [0.4, 0.5) is 4.39 Å². The molecule has 2 rings (SSSR count). The molecule has 0 atom stereocenters. The maximum Gasteiger partial charge on any atom is 0.251 e. The number of pyridine rings is 1. The first kappa shape index (κ1) is 12.3. The van der Waals surface area contributed by atoms with Crippen molar-refractivity contribution in [2.75, 3.05) is 0 Å². The Morgan fingerprint density at radius 2 is 2.06 bits per heavy atom. The SMILES string of the molecule is N#Cc1c(-c2cc(Br)ccc2F)cc(=O)[nH]c1O. The van der Waals surface area contributed by atoms with Crippen LogP contribution in [0.25, 0.3) is 11.1 Å². The van der Waals surface area contributed by atoms with Crippen LogP contribution in [0, 0.1) is 17.1 Å². The van der Waals surface area contributed by atoms with Gasteiger partial charge in [-0.15, -0.1) is 0 Å². The highest BCUT2D eigenvalue weighted by molar-refractivity contribution is 9.10. The van der Waals surface area contributed by atoms with Crippen molar-refractivity contribution in [1.82, 2.24) is 4.98 Å². The van der Waals surface area contributed by atoms with Gasteiger partial charge in [0, 0.05) is 21.7 Å². The van der Waals surface area contributed by atoms with Gasteiger partial charge in [-0.05, 0) is 18.2 Å². The molecule has 0 radical (unpaired) electrons. The number of rotatable bonds is 1. The summed E-state index contributed by atoms with van der Waals surface area (Å²) >= 11 is 3.18. The standard InChI is InChI=1S/C12H6BrFN2O2/c13-6-1-2-10(14)8(3-6)7-4-11(17)16-12(18)9(7)5-15/h1-4H,(H2,16,17,18). The molecule has 2 aromatic rings. The molecule has 0 fully saturated rings. The van der Waals surface area contributed by atoms with E-state index < -0.39 is 17.3 Å². The summed E-state index contributed by atoms with van der Waals surface area (Å²) in [5.41, 5.74) is -0.660. The maximum atomic E-state index is 13.7. The third kappa shape index (κ3) is 2.13. The molecule has 0 unspecified atom stereocenters. The van der Waals surface area contributed by atoms with E-state index in [4.69, 9.17) is 5.26 Å². The molecule has 0 aliphatic carbocycles. The van der Waals surface area contributed by atoms with Crippen molar-refractivity contribution < 1.29 is 9.50 Å². The minimum atomic E-state index is -0.610. The summed E-state index contributed by atoms with van der Waals surface area (Å²) in [5, 5.41) is 18.4. The fourth-order valence-electron chi connectivity index (χ4n) is 1.58. The normalized spacial score (nSPS) is 10.1. The number of hydrogen-bond donors (Lipinski definition) is 2. The van der Waals surface area contributed by atoms with E-state index in [0.717, 1.165) is 6.07 Å². The zero-order chi connectivity index (χ0) is 13.3. The largest absolute Gasteiger partial charge is 0.494 e. The van der Waals surface area contributed by atoms with Gasteiger partial charge in [0.05, 0.1) is 0 Å². The highest BCUT2D eigenvalue weighted by atomic mass is 79.9. The molecule has 1 heterocycles. The van der Waals surface area contributed by atoms with E-state index in [1.165, 1.54) is 18.2 Å². The second-order valence-electron chi connectivity index (χ2n) is 3.51. The fourth-order valence-corrected chi connectivity index (χ4v) is 1.94. The first-order valence-electron chi connectivity index (χ1n) is 4.84. The summed E-state index contributed by atoms with van der Waals surface area (Å²) in [7, 11) is 0. The number of hydrogen-bond acceptors (Lipinski definition) is 3. The van der Waals surface area contributed by atoms with Crippen LogP contribution in [-0.2, 0) is 0 Å². The van der Waals surface area contributed by atoms with Crippen LogP contribution in [0.3, 0.4) is 0 Å². The van der Waals surface area contributed by atoms with Gasteiger partial charge in [-0.25, -0.2) is 4.39 Å². The van der Waals surface area contributed by atoms with Crippen molar-refractivity contribution in [2.45, 2.75) is 0 Å². The van der Waals surface area contributed by atoms with E-state index in [1.807, 2.05) is 0 Å². The number of benzene rings is 1. The third-order valence-corrected chi connectivity index (χ3v) is 2.85. The summed E-state index contributed by atoms with van der Waals surface area (Å²) in [6.07, 6.45) is 0. The van der Waals surface area contributed by atoms with Gasteiger partial charge in [0.2, 0.25) is 5.88 Å². The van der Waals surface area contributed by atoms with E-state index in [-0.39, 0.29) is 16.7 Å². The van der Waals surface area contributed by atoms with Crippen molar-refractivity contribution in [3.63, 3.8) is 0 Å². The lowest BCUT2D eigenvalue weighted by molar-refractivity contribution is 0.450. The van der Waals surface area contributed by atoms with Crippen LogP contribution < -0.4 is 5.56 Å². The van der Waals surface area contributed by atoms with Crippen molar-refractivity contribution in [3.8, 4) is 23.1 Å². The minimum absolute atomic E-state index is 0.0533. The van der Waals surface area contributed by atoms with Gasteiger partial charge in [0.1, 0.15) is 17.4 Å². The number of nitrogens with zero attached hydrogens (tertiary/aromatic N) is 1. The minimum Gasteiger partial charge on any atom is -0.494 e. The Labute approximate surface area is 109 Å². The zero-order valence-electron chi connectivity index (χ0n) is 8.87. The number of nitrogens with one attached hydrogen (secondary N) is 1. The molecule has 0 aliphatic rings. The smallest absolute Gasteiger partial charge is 0.251 e. The lowest BCUT2D eigenvalue weighted by Crippen LogP contribution is -2.06. The summed E-state index contributed by atoms with van der Waals surface area (Å²) in [6, 6.07) is 6.95. The molecule has 0 amide bonds. The highest BCUT2D eigenvalue weighted by Gasteiger charge is 2.15. The molecule has 6 heteroatoms. The average molecular weight is 309 g/mol. The van der Waals surface area contributed by atoms with Gasteiger partial charge < -0.3 is 5.11 Å². The number of aromatic hydroxyl groups is 1. The van der Waals surface area contributed by atoms with Crippen LogP contribution in [-0.4, -0.2) is 10.1 Å². The maximum absolute atomic E-state index is 13.7. The Morgan fingerprint density at radius 3 is 2.72 bits per heavy atom. The third-order valence-electron chi connectivity index (χ3n) is 2.35. The Balaban J connectivity index is 2.83. The van der Waals surface area contributed by atoms with Crippen LogP contribution in [0.1, 0.15) is 5.56 Å². The number of nitriles is 1. The van der Waals surface area contributed by atoms with Crippen LogP contribution in [0.15, 0.2) is 33.5 Å². The van der Waals surface area contributed by atoms with E-state index in [1.54, 1.807) is 6.07 Å². The second-order valence-corrected chi connectivity index (χ2v) is 4.42. The van der Waals surface area contributed by atoms with Gasteiger partial charge >= 0.3 is 0 Å². The van der Waals surface area contributed by atoms with Crippen molar-refractivity contribution in [2.24, 2.45) is 0 Å². The molecular weight excluding hydrogens is 303 g/mol. The first-order valence-corrected chi connectivity index (χ1v) is 5.64. The highest BCUT2D eigenvalue weighted by Crippen LogP contribution is 2.30. The monoisotopic (exact) mass is 308 g/mol. The molecule has 18 heavy (non-hydrogen) atoms. The molecule has 0 spiro atoms. The van der Waals surface area contributed by atoms with Gasteiger partial charge in [-0.1, -0.05) is 15.9 Å². The topological polar surface area (TPSA) is 76.9 Å². The van der Waals surface area contributed by atoms with E-state index >= 15 is 0 Å². The van der Waals surface area contributed by atoms with Crippen LogP contribution in [0.5, 0.6) is 5.88 Å². The fraction of sp³-hybridized carbons (Fsp3) is 0. The summed E-state index contributed by atoms with van der Waals surface area (Å²) in [5.74, 6) is -1.15. The van der Waals surface area contributed by atoms with E-state index in [9.17, 15) is 14.3 Å². The van der Waals surface area contributed by atoms with Gasteiger partial charge in [0.25, 0.3) is 5.56 Å². The van der Waals surface area contributed by atoms with Crippen LogP contribution in [0.2, 0.25) is 0 Å². The van der Waals surface area contributed by atoms with Crippen molar-refractivity contribution in [1.29, 1.82) is 5.26 Å². The Bertz CT molecular complexity index is 719. The summed E-state index contributed by atoms with van der Waals surface area (Å²) in [6.45, 7) is 0. The molecule has 1 aromatic carbocycles. The molecule has 0 saturated heterocycles. The van der Waals surface area contributed by atoms with Gasteiger partial charge in [-0.3, -0.25) is 9.78 Å². The predicted octanol–water partition coefficient (Wildman–Crippen LogP) is 2.52. The Kier molecular flexibility index (Phi) is 3.17. The average Bonchev–Trinajstić information content (AvgIpc) is 2.31. The van der Waals surface area contributed by atoms with Gasteiger partial charge in [0.15, 0.2) is 0 Å². The molecule has 0 bridgehead atoms. The quantitative estimate of drug-likeness (QED) is 0.850. The van der Waals surface area contributed by atoms with Crippen molar-refractivity contribution in [3.05, 3.63) is 50.5 Å². The van der Waals surface area contributed by atoms with Crippen LogP contribution >= 0.6 is 15.9 Å².